The highest BCUT2D eigenvalue weighted by atomic mass is 32.1. The second kappa shape index (κ2) is 7.48. The summed E-state index contributed by atoms with van der Waals surface area (Å²) >= 11 is 1.70. The SMILES string of the molecule is CCNC(c1cc(OC)cs1)c1ccccc1OC(C)C. The third kappa shape index (κ3) is 3.99. The molecule has 0 aliphatic carbocycles. The number of nitrogens with one attached hydrogen (secondary N) is 1. The molecule has 4 heteroatoms. The Kier molecular flexibility index (Phi) is 5.65. The van der Waals surface area contributed by atoms with Gasteiger partial charge < -0.3 is 14.8 Å². The first-order chi connectivity index (χ1) is 10.2. The van der Waals surface area contributed by atoms with Crippen LogP contribution in [-0.2, 0) is 0 Å². The quantitative estimate of drug-likeness (QED) is 0.830. The summed E-state index contributed by atoms with van der Waals surface area (Å²) in [7, 11) is 1.70. The number of ether oxygens (including phenoxy) is 2. The van der Waals surface area contributed by atoms with Crippen molar-refractivity contribution in [1.82, 2.24) is 5.32 Å². The average molecular weight is 305 g/mol. The van der Waals surface area contributed by atoms with Crippen molar-refractivity contribution in [1.29, 1.82) is 0 Å². The van der Waals surface area contributed by atoms with E-state index in [-0.39, 0.29) is 12.1 Å². The lowest BCUT2D eigenvalue weighted by atomic mass is 10.0. The van der Waals surface area contributed by atoms with E-state index in [9.17, 15) is 0 Å². The highest BCUT2D eigenvalue weighted by Gasteiger charge is 2.19. The Balaban J connectivity index is 2.37. The van der Waals surface area contributed by atoms with Crippen molar-refractivity contribution < 1.29 is 9.47 Å². The average Bonchev–Trinajstić information content (AvgIpc) is 2.94. The van der Waals surface area contributed by atoms with E-state index in [0.29, 0.717) is 0 Å². The molecule has 2 rings (SSSR count). The molecule has 1 heterocycles. The van der Waals surface area contributed by atoms with Gasteiger partial charge in [0.2, 0.25) is 0 Å². The zero-order chi connectivity index (χ0) is 15.2. The third-order valence-electron chi connectivity index (χ3n) is 3.12. The van der Waals surface area contributed by atoms with E-state index in [4.69, 9.17) is 9.47 Å². The number of benzene rings is 1. The summed E-state index contributed by atoms with van der Waals surface area (Å²) in [5.74, 6) is 1.84. The number of rotatable bonds is 7. The van der Waals surface area contributed by atoms with Gasteiger partial charge in [-0.25, -0.2) is 0 Å². The van der Waals surface area contributed by atoms with Crippen molar-refractivity contribution >= 4 is 11.3 Å². The van der Waals surface area contributed by atoms with Crippen molar-refractivity contribution in [3.8, 4) is 11.5 Å². The normalized spacial score (nSPS) is 12.4. The highest BCUT2D eigenvalue weighted by Crippen LogP contribution is 2.35. The largest absolute Gasteiger partial charge is 0.496 e. The Morgan fingerprint density at radius 2 is 2.00 bits per heavy atom. The van der Waals surface area contributed by atoms with Gasteiger partial charge in [-0.1, -0.05) is 25.1 Å². The molecule has 0 spiro atoms. The monoisotopic (exact) mass is 305 g/mol. The molecule has 0 aliphatic heterocycles. The predicted molar refractivity (Wildman–Crippen MR) is 88.6 cm³/mol. The molecule has 1 aromatic heterocycles. The van der Waals surface area contributed by atoms with E-state index in [1.165, 1.54) is 4.88 Å². The minimum atomic E-state index is 0.124. The smallest absolute Gasteiger partial charge is 0.129 e. The van der Waals surface area contributed by atoms with E-state index in [2.05, 4.69) is 30.4 Å². The number of thiophene rings is 1. The fourth-order valence-electron chi connectivity index (χ4n) is 2.24. The molecule has 0 fully saturated rings. The molecular weight excluding hydrogens is 282 g/mol. The van der Waals surface area contributed by atoms with Gasteiger partial charge in [0.1, 0.15) is 11.5 Å². The van der Waals surface area contributed by atoms with E-state index in [1.807, 2.05) is 31.4 Å². The van der Waals surface area contributed by atoms with Crippen molar-refractivity contribution in [3.05, 3.63) is 46.2 Å². The summed E-state index contributed by atoms with van der Waals surface area (Å²) in [6.07, 6.45) is 0.159. The van der Waals surface area contributed by atoms with Crippen LogP contribution in [0.25, 0.3) is 0 Å². The summed E-state index contributed by atoms with van der Waals surface area (Å²) in [4.78, 5) is 1.23. The Labute approximate surface area is 130 Å². The second-order valence-corrected chi connectivity index (χ2v) is 6.03. The number of hydrogen-bond donors (Lipinski definition) is 1. The molecule has 1 N–H and O–H groups in total. The van der Waals surface area contributed by atoms with Gasteiger partial charge in [-0.3, -0.25) is 0 Å². The van der Waals surface area contributed by atoms with Crippen molar-refractivity contribution in [2.24, 2.45) is 0 Å². The van der Waals surface area contributed by atoms with Crippen LogP contribution < -0.4 is 14.8 Å². The Morgan fingerprint density at radius 3 is 2.62 bits per heavy atom. The summed E-state index contributed by atoms with van der Waals surface area (Å²) in [6, 6.07) is 10.4. The lowest BCUT2D eigenvalue weighted by Gasteiger charge is -2.21. The minimum absolute atomic E-state index is 0.124. The maximum Gasteiger partial charge on any atom is 0.129 e. The Bertz CT molecular complexity index is 565. The van der Waals surface area contributed by atoms with Crippen LogP contribution in [0.4, 0.5) is 0 Å². The van der Waals surface area contributed by atoms with Crippen LogP contribution in [-0.4, -0.2) is 19.8 Å². The van der Waals surface area contributed by atoms with Gasteiger partial charge in [0.05, 0.1) is 19.3 Å². The molecule has 1 atom stereocenters. The van der Waals surface area contributed by atoms with Gasteiger partial charge in [0.25, 0.3) is 0 Å². The summed E-state index contributed by atoms with van der Waals surface area (Å²) < 4.78 is 11.3. The molecule has 114 valence electrons. The molecule has 21 heavy (non-hydrogen) atoms. The molecular formula is C17H23NO2S. The standard InChI is InChI=1S/C17H23NO2S/c1-5-18-17(16-10-13(19-4)11-21-16)14-8-6-7-9-15(14)20-12(2)3/h6-12,17-18H,5H2,1-4H3. The summed E-state index contributed by atoms with van der Waals surface area (Å²) in [5.41, 5.74) is 1.16. The van der Waals surface area contributed by atoms with Crippen LogP contribution in [0.5, 0.6) is 11.5 Å². The molecule has 2 aromatic rings. The molecule has 3 nitrogen and oxygen atoms in total. The third-order valence-corrected chi connectivity index (χ3v) is 4.09. The maximum absolute atomic E-state index is 5.96. The maximum atomic E-state index is 5.96. The number of hydrogen-bond acceptors (Lipinski definition) is 4. The van der Waals surface area contributed by atoms with Crippen molar-refractivity contribution in [2.45, 2.75) is 32.9 Å². The molecule has 0 saturated carbocycles. The van der Waals surface area contributed by atoms with Gasteiger partial charge in [0, 0.05) is 15.8 Å². The number of methoxy groups -OCH3 is 1. The molecule has 1 aromatic carbocycles. The zero-order valence-electron chi connectivity index (χ0n) is 13.1. The predicted octanol–water partition coefficient (Wildman–Crippen LogP) is 4.24. The lowest BCUT2D eigenvalue weighted by Crippen LogP contribution is -2.22. The van der Waals surface area contributed by atoms with E-state index in [0.717, 1.165) is 23.6 Å². The van der Waals surface area contributed by atoms with E-state index < -0.39 is 0 Å². The van der Waals surface area contributed by atoms with Crippen molar-refractivity contribution in [3.63, 3.8) is 0 Å². The molecule has 0 bridgehead atoms. The van der Waals surface area contributed by atoms with Crippen molar-refractivity contribution in [2.75, 3.05) is 13.7 Å². The van der Waals surface area contributed by atoms with Crippen LogP contribution in [0, 0.1) is 0 Å². The Morgan fingerprint density at radius 1 is 1.24 bits per heavy atom. The molecule has 0 amide bonds. The van der Waals surface area contributed by atoms with Gasteiger partial charge in [0.15, 0.2) is 0 Å². The van der Waals surface area contributed by atoms with Gasteiger partial charge in [-0.15, -0.1) is 11.3 Å². The first-order valence-corrected chi connectivity index (χ1v) is 8.15. The number of para-hydroxylation sites is 1. The lowest BCUT2D eigenvalue weighted by molar-refractivity contribution is 0.238. The van der Waals surface area contributed by atoms with E-state index in [1.54, 1.807) is 18.4 Å². The van der Waals surface area contributed by atoms with Crippen LogP contribution >= 0.6 is 11.3 Å². The van der Waals surface area contributed by atoms with Crippen LogP contribution in [0.2, 0.25) is 0 Å². The highest BCUT2D eigenvalue weighted by molar-refractivity contribution is 7.10. The van der Waals surface area contributed by atoms with Gasteiger partial charge in [-0.05, 0) is 32.5 Å². The second-order valence-electron chi connectivity index (χ2n) is 5.08. The zero-order valence-corrected chi connectivity index (χ0v) is 13.9. The minimum Gasteiger partial charge on any atom is -0.496 e. The van der Waals surface area contributed by atoms with Gasteiger partial charge >= 0.3 is 0 Å². The molecule has 0 aliphatic rings. The first-order valence-electron chi connectivity index (χ1n) is 7.27. The van der Waals surface area contributed by atoms with Crippen LogP contribution in [0.15, 0.2) is 35.7 Å². The first kappa shape index (κ1) is 15.9. The fraction of sp³-hybridized carbons (Fsp3) is 0.412. The molecule has 1 unspecified atom stereocenters. The van der Waals surface area contributed by atoms with Gasteiger partial charge in [-0.2, -0.15) is 0 Å². The molecule has 0 radical (unpaired) electrons. The topological polar surface area (TPSA) is 30.5 Å². The summed E-state index contributed by atoms with van der Waals surface area (Å²) in [5, 5.41) is 5.57. The fourth-order valence-corrected chi connectivity index (χ4v) is 3.19. The summed E-state index contributed by atoms with van der Waals surface area (Å²) in [6.45, 7) is 7.10. The van der Waals surface area contributed by atoms with E-state index >= 15 is 0 Å². The Hall–Kier alpha value is -1.52. The van der Waals surface area contributed by atoms with Crippen LogP contribution in [0.3, 0.4) is 0 Å². The molecule has 0 saturated heterocycles. The van der Waals surface area contributed by atoms with Crippen LogP contribution in [0.1, 0.15) is 37.3 Å².